The number of amides is 1. The Hall–Kier alpha value is -2.39. The van der Waals surface area contributed by atoms with E-state index in [1.54, 1.807) is 35.0 Å². The van der Waals surface area contributed by atoms with Crippen LogP contribution in [0.5, 0.6) is 0 Å². The molecule has 0 aliphatic heterocycles. The van der Waals surface area contributed by atoms with Gasteiger partial charge in [0.1, 0.15) is 10.6 Å². The Kier molecular flexibility index (Phi) is 5.86. The first kappa shape index (κ1) is 19.9. The summed E-state index contributed by atoms with van der Waals surface area (Å²) in [6.45, 7) is 5.89. The van der Waals surface area contributed by atoms with Crippen LogP contribution in [-0.2, 0) is 24.2 Å². The molecule has 3 heterocycles. The van der Waals surface area contributed by atoms with Crippen LogP contribution in [0.1, 0.15) is 35.5 Å². The number of carbonyl (C=O) groups excluding carboxylic acids is 1. The lowest BCUT2D eigenvalue weighted by Gasteiger charge is -2.10. The maximum Gasteiger partial charge on any atom is 0.263 e. The Morgan fingerprint density at radius 3 is 3.00 bits per heavy atom. The van der Waals surface area contributed by atoms with Gasteiger partial charge in [0.15, 0.2) is 11.0 Å². The standard InChI is InChI=1S/C20H22N4O3S2/c1-3-9-24-19(26)17-13-7-5-4-6-8-14(13)29-18(17)22-20(24)28-11-16(25)21-15-10-12(2)27-23-15/h3,10H,1,4-9,11H2,2H3,(H,21,23,25). The molecule has 0 saturated heterocycles. The molecule has 0 unspecified atom stereocenters. The van der Waals surface area contributed by atoms with E-state index in [2.05, 4.69) is 17.1 Å². The number of aromatic nitrogens is 3. The molecule has 0 spiro atoms. The number of hydrogen-bond acceptors (Lipinski definition) is 7. The number of nitrogens with zero attached hydrogens (tertiary/aromatic N) is 3. The summed E-state index contributed by atoms with van der Waals surface area (Å²) in [5, 5.41) is 7.73. The number of allylic oxidation sites excluding steroid dienone is 1. The number of carbonyl (C=O) groups is 1. The highest BCUT2D eigenvalue weighted by Crippen LogP contribution is 2.34. The SMILES string of the molecule is C=CCn1c(SCC(=O)Nc2cc(C)on2)nc2sc3c(c2c1=O)CCCCC3. The summed E-state index contributed by atoms with van der Waals surface area (Å²) in [5.41, 5.74) is 1.14. The Morgan fingerprint density at radius 2 is 2.24 bits per heavy atom. The Balaban J connectivity index is 1.62. The second kappa shape index (κ2) is 8.54. The molecule has 7 nitrogen and oxygen atoms in total. The van der Waals surface area contributed by atoms with Crippen LogP contribution in [0.2, 0.25) is 0 Å². The minimum atomic E-state index is -0.232. The average molecular weight is 431 g/mol. The summed E-state index contributed by atoms with van der Waals surface area (Å²) in [5.74, 6) is 0.885. The third-order valence-corrected chi connectivity index (χ3v) is 6.99. The maximum atomic E-state index is 13.3. The van der Waals surface area contributed by atoms with Crippen molar-refractivity contribution in [3.05, 3.63) is 45.3 Å². The number of thioether (sulfide) groups is 1. The molecule has 1 aliphatic rings. The molecule has 0 bridgehead atoms. The normalized spacial score (nSPS) is 13.8. The van der Waals surface area contributed by atoms with E-state index >= 15 is 0 Å². The van der Waals surface area contributed by atoms with Crippen molar-refractivity contribution in [1.82, 2.24) is 14.7 Å². The number of hydrogen-bond donors (Lipinski definition) is 1. The predicted molar refractivity (Wildman–Crippen MR) is 116 cm³/mol. The van der Waals surface area contributed by atoms with Crippen LogP contribution in [0.3, 0.4) is 0 Å². The molecule has 4 rings (SSSR count). The lowest BCUT2D eigenvalue weighted by Crippen LogP contribution is -2.24. The van der Waals surface area contributed by atoms with Crippen molar-refractivity contribution in [3.8, 4) is 0 Å². The summed E-state index contributed by atoms with van der Waals surface area (Å²) in [4.78, 5) is 32.3. The number of thiophene rings is 1. The second-order valence-electron chi connectivity index (χ2n) is 7.00. The number of nitrogens with one attached hydrogen (secondary N) is 1. The molecular weight excluding hydrogens is 408 g/mol. The first-order valence-electron chi connectivity index (χ1n) is 9.58. The van der Waals surface area contributed by atoms with E-state index in [4.69, 9.17) is 9.51 Å². The van der Waals surface area contributed by atoms with Crippen molar-refractivity contribution >= 4 is 45.0 Å². The van der Waals surface area contributed by atoms with E-state index in [9.17, 15) is 9.59 Å². The molecule has 152 valence electrons. The fourth-order valence-electron chi connectivity index (χ4n) is 3.53. The third kappa shape index (κ3) is 4.16. The van der Waals surface area contributed by atoms with Gasteiger partial charge in [-0.15, -0.1) is 17.9 Å². The average Bonchev–Trinajstić information content (AvgIpc) is 3.17. The molecule has 1 aliphatic carbocycles. The molecule has 9 heteroatoms. The zero-order valence-corrected chi connectivity index (χ0v) is 17.8. The van der Waals surface area contributed by atoms with Gasteiger partial charge < -0.3 is 9.84 Å². The van der Waals surface area contributed by atoms with E-state index < -0.39 is 0 Å². The summed E-state index contributed by atoms with van der Waals surface area (Å²) < 4.78 is 6.57. The molecule has 3 aromatic heterocycles. The molecular formula is C20H22N4O3S2. The van der Waals surface area contributed by atoms with Crippen LogP contribution in [0.4, 0.5) is 5.82 Å². The van der Waals surface area contributed by atoms with Crippen molar-refractivity contribution in [3.63, 3.8) is 0 Å². The van der Waals surface area contributed by atoms with Crippen molar-refractivity contribution < 1.29 is 9.32 Å². The molecule has 1 amide bonds. The van der Waals surface area contributed by atoms with Gasteiger partial charge in [-0.1, -0.05) is 29.4 Å². The van der Waals surface area contributed by atoms with Crippen LogP contribution < -0.4 is 10.9 Å². The van der Waals surface area contributed by atoms with E-state index in [1.807, 2.05) is 0 Å². The van der Waals surface area contributed by atoms with Gasteiger partial charge in [-0.05, 0) is 38.2 Å². The minimum Gasteiger partial charge on any atom is -0.360 e. The zero-order valence-electron chi connectivity index (χ0n) is 16.2. The number of rotatable bonds is 6. The van der Waals surface area contributed by atoms with Gasteiger partial charge in [-0.3, -0.25) is 14.2 Å². The fourth-order valence-corrected chi connectivity index (χ4v) is 5.64. The topological polar surface area (TPSA) is 90.0 Å². The van der Waals surface area contributed by atoms with Crippen molar-refractivity contribution in [2.75, 3.05) is 11.1 Å². The molecule has 1 N–H and O–H groups in total. The van der Waals surface area contributed by atoms with Crippen LogP contribution in [0, 0.1) is 6.92 Å². The lowest BCUT2D eigenvalue weighted by atomic mass is 10.1. The molecule has 3 aromatic rings. The van der Waals surface area contributed by atoms with Gasteiger partial charge in [0, 0.05) is 17.5 Å². The largest absolute Gasteiger partial charge is 0.360 e. The van der Waals surface area contributed by atoms with Gasteiger partial charge in [0.05, 0.1) is 11.1 Å². The van der Waals surface area contributed by atoms with E-state index in [1.165, 1.54) is 28.6 Å². The molecule has 0 saturated carbocycles. The van der Waals surface area contributed by atoms with Crippen LogP contribution in [-0.4, -0.2) is 26.4 Å². The minimum absolute atomic E-state index is 0.0377. The third-order valence-electron chi connectivity index (χ3n) is 4.83. The summed E-state index contributed by atoms with van der Waals surface area (Å²) in [6.07, 6.45) is 7.10. The Bertz CT molecular complexity index is 1130. The summed E-state index contributed by atoms with van der Waals surface area (Å²) in [7, 11) is 0. The van der Waals surface area contributed by atoms with Crippen molar-refractivity contribution in [1.29, 1.82) is 0 Å². The Morgan fingerprint density at radius 1 is 1.41 bits per heavy atom. The highest BCUT2D eigenvalue weighted by Gasteiger charge is 2.21. The smallest absolute Gasteiger partial charge is 0.263 e. The van der Waals surface area contributed by atoms with Gasteiger partial charge in [0.2, 0.25) is 5.91 Å². The highest BCUT2D eigenvalue weighted by atomic mass is 32.2. The van der Waals surface area contributed by atoms with Gasteiger partial charge in [-0.25, -0.2) is 4.98 Å². The molecule has 0 atom stereocenters. The highest BCUT2D eigenvalue weighted by molar-refractivity contribution is 7.99. The second-order valence-corrected chi connectivity index (χ2v) is 9.03. The first-order chi connectivity index (χ1) is 14.1. The van der Waals surface area contributed by atoms with E-state index in [0.717, 1.165) is 35.9 Å². The number of aryl methyl sites for hydroxylation is 3. The van der Waals surface area contributed by atoms with Gasteiger partial charge in [0.25, 0.3) is 5.56 Å². The van der Waals surface area contributed by atoms with Gasteiger partial charge >= 0.3 is 0 Å². The molecule has 0 radical (unpaired) electrons. The fraction of sp³-hybridized carbons (Fsp3) is 0.400. The van der Waals surface area contributed by atoms with Crippen LogP contribution >= 0.6 is 23.1 Å². The lowest BCUT2D eigenvalue weighted by molar-refractivity contribution is -0.113. The summed E-state index contributed by atoms with van der Waals surface area (Å²) in [6, 6.07) is 1.65. The van der Waals surface area contributed by atoms with Crippen LogP contribution in [0.25, 0.3) is 10.2 Å². The van der Waals surface area contributed by atoms with Gasteiger partial charge in [-0.2, -0.15) is 0 Å². The number of fused-ring (bicyclic) bond motifs is 3. The van der Waals surface area contributed by atoms with E-state index in [0.29, 0.717) is 23.3 Å². The number of anilines is 1. The first-order valence-corrected chi connectivity index (χ1v) is 11.4. The summed E-state index contributed by atoms with van der Waals surface area (Å²) >= 11 is 2.86. The zero-order chi connectivity index (χ0) is 20.4. The van der Waals surface area contributed by atoms with Crippen LogP contribution in [0.15, 0.2) is 33.2 Å². The predicted octanol–water partition coefficient (Wildman–Crippen LogP) is 3.94. The van der Waals surface area contributed by atoms with Crippen molar-refractivity contribution in [2.45, 2.75) is 50.7 Å². The van der Waals surface area contributed by atoms with E-state index in [-0.39, 0.29) is 17.2 Å². The molecule has 0 aromatic carbocycles. The van der Waals surface area contributed by atoms with Crippen molar-refractivity contribution in [2.24, 2.45) is 0 Å². The quantitative estimate of drug-likeness (QED) is 0.276. The Labute approximate surface area is 176 Å². The molecule has 29 heavy (non-hydrogen) atoms. The maximum absolute atomic E-state index is 13.3. The molecule has 0 fully saturated rings. The monoisotopic (exact) mass is 430 g/mol.